The van der Waals surface area contributed by atoms with Gasteiger partial charge in [0.05, 0.1) is 12.1 Å². The maximum Gasteiger partial charge on any atom is 0.134 e. The fraction of sp³-hybridized carbons (Fsp3) is 0.692. The SMILES string of the molecule is CCCNc1cc(N(C)C2CCOC2C)ncn1. The number of hydrogen-bond acceptors (Lipinski definition) is 5. The summed E-state index contributed by atoms with van der Waals surface area (Å²) in [6.45, 7) is 6.02. The number of nitrogens with one attached hydrogen (secondary N) is 1. The Bertz CT molecular complexity index is 385. The highest BCUT2D eigenvalue weighted by Gasteiger charge is 2.28. The summed E-state index contributed by atoms with van der Waals surface area (Å²) in [5, 5.41) is 3.28. The van der Waals surface area contributed by atoms with Crippen LogP contribution >= 0.6 is 0 Å². The number of anilines is 2. The molecule has 0 radical (unpaired) electrons. The second-order valence-corrected chi connectivity index (χ2v) is 4.73. The van der Waals surface area contributed by atoms with Crippen LogP contribution in [0.5, 0.6) is 0 Å². The van der Waals surface area contributed by atoms with Crippen LogP contribution in [-0.4, -0.2) is 42.3 Å². The third-order valence-electron chi connectivity index (χ3n) is 3.40. The maximum atomic E-state index is 5.60. The fourth-order valence-electron chi connectivity index (χ4n) is 2.29. The van der Waals surface area contributed by atoms with Crippen LogP contribution in [0.25, 0.3) is 0 Å². The van der Waals surface area contributed by atoms with Gasteiger partial charge in [0.1, 0.15) is 18.0 Å². The van der Waals surface area contributed by atoms with E-state index in [2.05, 4.69) is 41.1 Å². The highest BCUT2D eigenvalue weighted by molar-refractivity contribution is 5.48. The van der Waals surface area contributed by atoms with Gasteiger partial charge >= 0.3 is 0 Å². The van der Waals surface area contributed by atoms with Gasteiger partial charge in [-0.2, -0.15) is 0 Å². The Kier molecular flexibility index (Phi) is 4.36. The quantitative estimate of drug-likeness (QED) is 0.865. The molecule has 0 spiro atoms. The predicted octanol–water partition coefficient (Wildman–Crippen LogP) is 1.91. The van der Waals surface area contributed by atoms with E-state index in [4.69, 9.17) is 4.74 Å². The lowest BCUT2D eigenvalue weighted by molar-refractivity contribution is 0.118. The lowest BCUT2D eigenvalue weighted by Crippen LogP contribution is -2.37. The van der Waals surface area contributed by atoms with Crippen molar-refractivity contribution in [1.82, 2.24) is 9.97 Å². The summed E-state index contributed by atoms with van der Waals surface area (Å²) in [4.78, 5) is 10.8. The second kappa shape index (κ2) is 6.00. The first-order valence-corrected chi connectivity index (χ1v) is 6.62. The lowest BCUT2D eigenvalue weighted by Gasteiger charge is -2.27. The minimum atomic E-state index is 0.261. The molecule has 2 heterocycles. The predicted molar refractivity (Wildman–Crippen MR) is 73.0 cm³/mol. The third-order valence-corrected chi connectivity index (χ3v) is 3.40. The molecule has 0 bridgehead atoms. The van der Waals surface area contributed by atoms with Crippen LogP contribution in [-0.2, 0) is 4.74 Å². The summed E-state index contributed by atoms with van der Waals surface area (Å²) in [5.41, 5.74) is 0. The summed E-state index contributed by atoms with van der Waals surface area (Å²) in [7, 11) is 2.07. The van der Waals surface area contributed by atoms with Gasteiger partial charge in [-0.25, -0.2) is 9.97 Å². The molecule has 5 nitrogen and oxygen atoms in total. The largest absolute Gasteiger partial charge is 0.376 e. The van der Waals surface area contributed by atoms with Gasteiger partial charge in [0, 0.05) is 26.3 Å². The molecule has 0 aliphatic carbocycles. The van der Waals surface area contributed by atoms with Crippen LogP contribution in [0.4, 0.5) is 11.6 Å². The summed E-state index contributed by atoms with van der Waals surface area (Å²) in [6, 6.07) is 2.40. The molecule has 0 amide bonds. The molecule has 1 saturated heterocycles. The van der Waals surface area contributed by atoms with Gasteiger partial charge in [-0.3, -0.25) is 0 Å². The molecule has 1 aromatic rings. The van der Waals surface area contributed by atoms with E-state index < -0.39 is 0 Å². The van der Waals surface area contributed by atoms with Gasteiger partial charge in [0.15, 0.2) is 0 Å². The summed E-state index contributed by atoms with van der Waals surface area (Å²) < 4.78 is 5.60. The summed E-state index contributed by atoms with van der Waals surface area (Å²) in [5.74, 6) is 1.84. The number of aromatic nitrogens is 2. The Morgan fingerprint density at radius 2 is 2.33 bits per heavy atom. The van der Waals surface area contributed by atoms with Crippen molar-refractivity contribution in [3.63, 3.8) is 0 Å². The molecule has 2 atom stereocenters. The van der Waals surface area contributed by atoms with Crippen LogP contribution in [0.2, 0.25) is 0 Å². The van der Waals surface area contributed by atoms with Crippen molar-refractivity contribution in [3.05, 3.63) is 12.4 Å². The maximum absolute atomic E-state index is 5.60. The van der Waals surface area contributed by atoms with E-state index in [0.717, 1.165) is 37.6 Å². The highest BCUT2D eigenvalue weighted by atomic mass is 16.5. The third kappa shape index (κ3) is 2.90. The molecular formula is C13H22N4O. The van der Waals surface area contributed by atoms with E-state index in [1.807, 2.05) is 6.07 Å². The average molecular weight is 250 g/mol. The fourth-order valence-corrected chi connectivity index (χ4v) is 2.29. The van der Waals surface area contributed by atoms with Crippen molar-refractivity contribution in [2.75, 3.05) is 30.4 Å². The van der Waals surface area contributed by atoms with Crippen molar-refractivity contribution in [1.29, 1.82) is 0 Å². The number of hydrogen-bond donors (Lipinski definition) is 1. The van der Waals surface area contributed by atoms with Gasteiger partial charge < -0.3 is 15.0 Å². The first kappa shape index (κ1) is 13.1. The zero-order chi connectivity index (χ0) is 13.0. The molecule has 1 aliphatic heterocycles. The van der Waals surface area contributed by atoms with E-state index in [9.17, 15) is 0 Å². The van der Waals surface area contributed by atoms with Gasteiger partial charge in [0.25, 0.3) is 0 Å². The molecule has 1 aliphatic rings. The second-order valence-electron chi connectivity index (χ2n) is 4.73. The molecule has 0 aromatic carbocycles. The molecule has 5 heteroatoms. The average Bonchev–Trinajstić information content (AvgIpc) is 2.82. The molecule has 1 fully saturated rings. The molecule has 1 aromatic heterocycles. The Morgan fingerprint density at radius 3 is 3.00 bits per heavy atom. The normalized spacial score (nSPS) is 23.1. The smallest absolute Gasteiger partial charge is 0.134 e. The Balaban J connectivity index is 2.07. The standard InChI is InChI=1S/C13H22N4O/c1-4-6-14-12-8-13(16-9-15-12)17(3)11-5-7-18-10(11)2/h8-11H,4-7H2,1-3H3,(H,14,15,16). The summed E-state index contributed by atoms with van der Waals surface area (Å²) in [6.07, 6.45) is 4.02. The molecule has 18 heavy (non-hydrogen) atoms. The van der Waals surface area contributed by atoms with E-state index in [0.29, 0.717) is 6.04 Å². The van der Waals surface area contributed by atoms with Crippen LogP contribution in [0.3, 0.4) is 0 Å². The lowest BCUT2D eigenvalue weighted by atomic mass is 10.1. The van der Waals surface area contributed by atoms with E-state index in [1.54, 1.807) is 6.33 Å². The van der Waals surface area contributed by atoms with Crippen LogP contribution in [0, 0.1) is 0 Å². The molecule has 100 valence electrons. The molecule has 2 rings (SSSR count). The number of likely N-dealkylation sites (N-methyl/N-ethyl adjacent to an activating group) is 1. The van der Waals surface area contributed by atoms with Crippen molar-refractivity contribution < 1.29 is 4.74 Å². The highest BCUT2D eigenvalue weighted by Crippen LogP contribution is 2.23. The summed E-state index contributed by atoms with van der Waals surface area (Å²) >= 11 is 0. The minimum Gasteiger partial charge on any atom is -0.376 e. The first-order chi connectivity index (χ1) is 8.72. The minimum absolute atomic E-state index is 0.261. The van der Waals surface area contributed by atoms with Gasteiger partial charge in [-0.05, 0) is 19.8 Å². The molecule has 1 N–H and O–H groups in total. The Hall–Kier alpha value is -1.36. The van der Waals surface area contributed by atoms with Crippen molar-refractivity contribution >= 4 is 11.6 Å². The van der Waals surface area contributed by atoms with Crippen LogP contribution in [0.1, 0.15) is 26.7 Å². The van der Waals surface area contributed by atoms with E-state index >= 15 is 0 Å². The Morgan fingerprint density at radius 1 is 1.50 bits per heavy atom. The zero-order valence-corrected chi connectivity index (χ0v) is 11.4. The number of ether oxygens (including phenoxy) is 1. The number of rotatable bonds is 5. The molecule has 2 unspecified atom stereocenters. The molecular weight excluding hydrogens is 228 g/mol. The molecule has 0 saturated carbocycles. The monoisotopic (exact) mass is 250 g/mol. The zero-order valence-electron chi connectivity index (χ0n) is 11.4. The van der Waals surface area contributed by atoms with Crippen LogP contribution < -0.4 is 10.2 Å². The van der Waals surface area contributed by atoms with Crippen LogP contribution in [0.15, 0.2) is 12.4 Å². The number of nitrogens with zero attached hydrogens (tertiary/aromatic N) is 3. The van der Waals surface area contributed by atoms with Crippen molar-refractivity contribution in [3.8, 4) is 0 Å². The Labute approximate surface area is 109 Å². The van der Waals surface area contributed by atoms with Gasteiger partial charge in [-0.15, -0.1) is 0 Å². The van der Waals surface area contributed by atoms with Gasteiger partial charge in [0.2, 0.25) is 0 Å². The van der Waals surface area contributed by atoms with Gasteiger partial charge in [-0.1, -0.05) is 6.92 Å². The van der Waals surface area contributed by atoms with E-state index in [-0.39, 0.29) is 6.10 Å². The van der Waals surface area contributed by atoms with Crippen molar-refractivity contribution in [2.45, 2.75) is 38.8 Å². The topological polar surface area (TPSA) is 50.3 Å². The van der Waals surface area contributed by atoms with E-state index in [1.165, 1.54) is 0 Å². The first-order valence-electron chi connectivity index (χ1n) is 6.62. The van der Waals surface area contributed by atoms with Crippen molar-refractivity contribution in [2.24, 2.45) is 0 Å².